The monoisotopic (exact) mass is 452 g/mol. The number of hydrogen-bond donors (Lipinski definition) is 1. The van der Waals surface area contributed by atoms with E-state index in [4.69, 9.17) is 0 Å². The van der Waals surface area contributed by atoms with Gasteiger partial charge >= 0.3 is 0 Å². The molecule has 3 aromatic rings. The molecule has 150 valence electrons. The van der Waals surface area contributed by atoms with E-state index < -0.39 is 0 Å². The van der Waals surface area contributed by atoms with Gasteiger partial charge in [0.25, 0.3) is 0 Å². The molecule has 29 heavy (non-hydrogen) atoms. The molecule has 1 atom stereocenters. The first-order valence-corrected chi connectivity index (χ1v) is 10.8. The molecule has 2 heterocycles. The summed E-state index contributed by atoms with van der Waals surface area (Å²) < 4.78 is 0.983. The molecule has 0 radical (unpaired) electrons. The van der Waals surface area contributed by atoms with Gasteiger partial charge in [0.15, 0.2) is 0 Å². The van der Waals surface area contributed by atoms with Crippen molar-refractivity contribution in [1.29, 1.82) is 0 Å². The first-order chi connectivity index (χ1) is 14.1. The van der Waals surface area contributed by atoms with E-state index in [1.165, 1.54) is 10.8 Å². The number of hydrogen-bond acceptors (Lipinski definition) is 4. The topological polar surface area (TPSA) is 48.5 Å². The minimum Gasteiger partial charge on any atom is -0.354 e. The predicted molar refractivity (Wildman–Crippen MR) is 121 cm³/mol. The summed E-state index contributed by atoms with van der Waals surface area (Å²) in [5.74, 6) is 1.06. The molecule has 2 aromatic carbocycles. The molecule has 6 heteroatoms. The highest BCUT2D eigenvalue weighted by molar-refractivity contribution is 9.10. The molecular formula is C23H25BrN4O. The van der Waals surface area contributed by atoms with Gasteiger partial charge in [-0.3, -0.25) is 9.69 Å². The Balaban J connectivity index is 1.31. The van der Waals surface area contributed by atoms with Crippen LogP contribution in [0.2, 0.25) is 0 Å². The smallest absolute Gasteiger partial charge is 0.234 e. The van der Waals surface area contributed by atoms with E-state index in [2.05, 4.69) is 73.3 Å². The lowest BCUT2D eigenvalue weighted by molar-refractivity contribution is -0.123. The number of anilines is 1. The summed E-state index contributed by atoms with van der Waals surface area (Å²) in [6.07, 6.45) is 1.82. The lowest BCUT2D eigenvalue weighted by Gasteiger charge is -2.35. The average Bonchev–Trinajstić information content (AvgIpc) is 2.74. The maximum atomic E-state index is 12.6. The van der Waals surface area contributed by atoms with Crippen molar-refractivity contribution < 1.29 is 4.79 Å². The van der Waals surface area contributed by atoms with Gasteiger partial charge in [0.05, 0.1) is 12.6 Å². The average molecular weight is 453 g/mol. The second kappa shape index (κ2) is 8.93. The minimum absolute atomic E-state index is 0.0261. The molecular weight excluding hydrogens is 428 g/mol. The maximum Gasteiger partial charge on any atom is 0.234 e. The van der Waals surface area contributed by atoms with Gasteiger partial charge < -0.3 is 10.2 Å². The van der Waals surface area contributed by atoms with Gasteiger partial charge in [0, 0.05) is 36.8 Å². The maximum absolute atomic E-state index is 12.6. The molecule has 4 rings (SSSR count). The van der Waals surface area contributed by atoms with Crippen LogP contribution in [0.1, 0.15) is 18.5 Å². The Kier molecular flexibility index (Phi) is 6.11. The first kappa shape index (κ1) is 19.9. The van der Waals surface area contributed by atoms with E-state index in [0.29, 0.717) is 6.54 Å². The molecule has 1 aliphatic rings. The fourth-order valence-electron chi connectivity index (χ4n) is 3.89. The van der Waals surface area contributed by atoms with E-state index in [0.717, 1.165) is 42.0 Å². The van der Waals surface area contributed by atoms with Gasteiger partial charge in [-0.2, -0.15) is 0 Å². The molecule has 0 bridgehead atoms. The van der Waals surface area contributed by atoms with Crippen LogP contribution in [-0.4, -0.2) is 48.5 Å². The van der Waals surface area contributed by atoms with Gasteiger partial charge in [-0.05, 0) is 51.3 Å². The van der Waals surface area contributed by atoms with Crippen LogP contribution in [0.25, 0.3) is 10.8 Å². The third-order valence-electron chi connectivity index (χ3n) is 5.44. The van der Waals surface area contributed by atoms with Crippen LogP contribution in [-0.2, 0) is 4.79 Å². The lowest BCUT2D eigenvalue weighted by Crippen LogP contribution is -2.49. The Morgan fingerprint density at radius 3 is 2.59 bits per heavy atom. The Morgan fingerprint density at radius 1 is 1.07 bits per heavy atom. The van der Waals surface area contributed by atoms with Crippen LogP contribution in [0.5, 0.6) is 0 Å². The molecule has 1 aromatic heterocycles. The van der Waals surface area contributed by atoms with E-state index >= 15 is 0 Å². The number of piperazine rings is 1. The van der Waals surface area contributed by atoms with Crippen LogP contribution in [0.4, 0.5) is 5.82 Å². The molecule has 1 saturated heterocycles. The second-order valence-corrected chi connectivity index (χ2v) is 8.37. The number of halogens is 1. The van der Waals surface area contributed by atoms with Crippen LogP contribution in [0.3, 0.4) is 0 Å². The summed E-state index contributed by atoms with van der Waals surface area (Å²) in [4.78, 5) is 21.6. The Morgan fingerprint density at radius 2 is 1.83 bits per heavy atom. The van der Waals surface area contributed by atoms with E-state index in [1.807, 2.05) is 30.5 Å². The van der Waals surface area contributed by atoms with Crippen LogP contribution in [0.15, 0.2) is 65.3 Å². The zero-order chi connectivity index (χ0) is 20.2. The third-order valence-corrected chi connectivity index (χ3v) is 5.91. The highest BCUT2D eigenvalue weighted by Gasteiger charge is 2.21. The number of amides is 1. The highest BCUT2D eigenvalue weighted by atomic mass is 79.9. The SMILES string of the molecule is CC(NC(=O)CN1CCN(c2ccc(Br)cn2)CC1)c1cccc2ccccc12. The first-order valence-electron chi connectivity index (χ1n) is 9.96. The predicted octanol–water partition coefficient (Wildman–Crippen LogP) is 4.00. The summed E-state index contributed by atoms with van der Waals surface area (Å²) in [6.45, 7) is 5.94. The van der Waals surface area contributed by atoms with Crippen LogP contribution in [0, 0.1) is 0 Å². The highest BCUT2D eigenvalue weighted by Crippen LogP contribution is 2.24. The lowest BCUT2D eigenvalue weighted by atomic mass is 10.00. The quantitative estimate of drug-likeness (QED) is 0.635. The zero-order valence-corrected chi connectivity index (χ0v) is 18.1. The number of aromatic nitrogens is 1. The molecule has 1 aliphatic heterocycles. The van der Waals surface area contributed by atoms with Gasteiger partial charge in [0.1, 0.15) is 5.82 Å². The number of nitrogens with one attached hydrogen (secondary N) is 1. The number of nitrogens with zero attached hydrogens (tertiary/aromatic N) is 3. The molecule has 0 aliphatic carbocycles. The second-order valence-electron chi connectivity index (χ2n) is 7.46. The number of pyridine rings is 1. The molecule has 1 fully saturated rings. The molecule has 5 nitrogen and oxygen atoms in total. The van der Waals surface area contributed by atoms with Gasteiger partial charge in [0.2, 0.25) is 5.91 Å². The van der Waals surface area contributed by atoms with Crippen molar-refractivity contribution in [3.05, 3.63) is 70.8 Å². The van der Waals surface area contributed by atoms with E-state index in [1.54, 1.807) is 0 Å². The summed E-state index contributed by atoms with van der Waals surface area (Å²) >= 11 is 3.42. The number of carbonyl (C=O) groups excluding carboxylic acids is 1. The van der Waals surface area contributed by atoms with E-state index in [-0.39, 0.29) is 11.9 Å². The van der Waals surface area contributed by atoms with E-state index in [9.17, 15) is 4.79 Å². The summed E-state index contributed by atoms with van der Waals surface area (Å²) in [5.41, 5.74) is 1.16. The minimum atomic E-state index is -0.0261. The molecule has 1 N–H and O–H groups in total. The van der Waals surface area contributed by atoms with Crippen molar-refractivity contribution >= 4 is 38.4 Å². The molecule has 0 spiro atoms. The summed E-state index contributed by atoms with van der Waals surface area (Å²) in [7, 11) is 0. The van der Waals surface area contributed by atoms with Crippen molar-refractivity contribution in [1.82, 2.24) is 15.2 Å². The zero-order valence-electron chi connectivity index (χ0n) is 16.5. The fraction of sp³-hybridized carbons (Fsp3) is 0.304. The standard InChI is InChI=1S/C23H25BrN4O/c1-17(20-8-4-6-18-5-2-3-7-21(18)20)26-23(29)16-27-11-13-28(14-12-27)22-10-9-19(24)15-25-22/h2-10,15,17H,11-14,16H2,1H3,(H,26,29). The van der Waals surface area contributed by atoms with Crippen molar-refractivity contribution in [3.63, 3.8) is 0 Å². The van der Waals surface area contributed by atoms with Gasteiger partial charge in [-0.15, -0.1) is 0 Å². The summed E-state index contributed by atoms with van der Waals surface area (Å²) in [5, 5.41) is 5.56. The molecule has 1 amide bonds. The van der Waals surface area contributed by atoms with Crippen LogP contribution >= 0.6 is 15.9 Å². The Bertz CT molecular complexity index is 978. The number of benzene rings is 2. The van der Waals surface area contributed by atoms with Crippen LogP contribution < -0.4 is 10.2 Å². The molecule has 0 saturated carbocycles. The summed E-state index contributed by atoms with van der Waals surface area (Å²) in [6, 6.07) is 18.6. The van der Waals surface area contributed by atoms with Gasteiger partial charge in [-0.1, -0.05) is 42.5 Å². The Hall–Kier alpha value is -2.44. The largest absolute Gasteiger partial charge is 0.354 e. The molecule has 1 unspecified atom stereocenters. The van der Waals surface area contributed by atoms with Crippen molar-refractivity contribution in [2.45, 2.75) is 13.0 Å². The fourth-order valence-corrected chi connectivity index (χ4v) is 4.12. The number of fused-ring (bicyclic) bond motifs is 1. The number of carbonyl (C=O) groups is 1. The normalized spacial score (nSPS) is 16.0. The number of rotatable bonds is 5. The van der Waals surface area contributed by atoms with Crippen molar-refractivity contribution in [3.8, 4) is 0 Å². The Labute approximate surface area is 179 Å². The third kappa shape index (κ3) is 4.77. The van der Waals surface area contributed by atoms with Gasteiger partial charge in [-0.25, -0.2) is 4.98 Å². The van der Waals surface area contributed by atoms with Crippen molar-refractivity contribution in [2.24, 2.45) is 0 Å². The van der Waals surface area contributed by atoms with Crippen molar-refractivity contribution in [2.75, 3.05) is 37.6 Å².